The summed E-state index contributed by atoms with van der Waals surface area (Å²) in [6.07, 6.45) is -8.44. The highest BCUT2D eigenvalue weighted by atomic mass is 19.4. The summed E-state index contributed by atoms with van der Waals surface area (Å²) >= 11 is 0. The first-order chi connectivity index (χ1) is 11.8. The first-order valence-corrected chi connectivity index (χ1v) is 6.15. The molecule has 2 bridgehead atoms. The van der Waals surface area contributed by atoms with E-state index in [1.165, 1.54) is 0 Å². The average Bonchev–Trinajstić information content (AvgIpc) is 2.40. The second kappa shape index (κ2) is 4.57. The van der Waals surface area contributed by atoms with Crippen molar-refractivity contribution in [3.05, 3.63) is 0 Å². The third kappa shape index (κ3) is 1.46. The maximum Gasteiger partial charge on any atom is 0.412 e. The zero-order valence-electron chi connectivity index (χ0n) is 11.8. The van der Waals surface area contributed by atoms with Crippen LogP contribution in [0, 0.1) is 5.41 Å². The molecule has 0 aromatic heterocycles. The fourth-order valence-corrected chi connectivity index (χ4v) is 3.27. The first kappa shape index (κ1) is 23.0. The van der Waals surface area contributed by atoms with Crippen LogP contribution >= 0.6 is 0 Å². The van der Waals surface area contributed by atoms with Gasteiger partial charge < -0.3 is 0 Å². The number of rotatable bonds is 0. The normalized spacial score (nSPS) is 41.4. The Hall–Kier alpha value is -1.26. The molecule has 0 saturated heterocycles. The summed E-state index contributed by atoms with van der Waals surface area (Å²) < 4.78 is 241. The van der Waals surface area contributed by atoms with E-state index in [0.717, 1.165) is 0 Å². The highest BCUT2D eigenvalue weighted by molar-refractivity contribution is 5.41. The molecule has 0 amide bonds. The number of alkyl halides is 18. The molecule has 0 spiro atoms. The van der Waals surface area contributed by atoms with Crippen molar-refractivity contribution in [1.29, 1.82) is 0 Å². The molecule has 0 N–H and O–H groups in total. The number of hydrogen-bond donors (Lipinski definition) is 0. The van der Waals surface area contributed by atoms with Crippen LogP contribution in [0.4, 0.5) is 79.0 Å². The van der Waals surface area contributed by atoms with Gasteiger partial charge in [-0.25, -0.2) is 13.2 Å². The van der Waals surface area contributed by atoms with Crippen LogP contribution in [-0.4, -0.2) is 53.3 Å². The van der Waals surface area contributed by atoms with E-state index in [1.807, 2.05) is 0 Å². The standard InChI is InChI=1S/C10F18/c11-2-3(12,13)1(10(26,27)28,4(14,15)8(22,23)6(2,18)19)5(16,17)9(24,25)7(2,20)21. The van der Waals surface area contributed by atoms with Crippen molar-refractivity contribution in [1.82, 2.24) is 0 Å². The monoisotopic (exact) mass is 462 g/mol. The third-order valence-electron chi connectivity index (χ3n) is 4.71. The van der Waals surface area contributed by atoms with Crippen LogP contribution in [0.2, 0.25) is 0 Å². The zero-order valence-corrected chi connectivity index (χ0v) is 11.8. The molecule has 0 aromatic rings. The molecule has 2 saturated carbocycles. The van der Waals surface area contributed by atoms with Gasteiger partial charge in [-0.3, -0.25) is 0 Å². The zero-order chi connectivity index (χ0) is 23.0. The van der Waals surface area contributed by atoms with E-state index < -0.39 is 58.7 Å². The average molecular weight is 462 g/mol. The molecular formula is C10F18. The summed E-state index contributed by atoms with van der Waals surface area (Å²) in [7, 11) is 0. The van der Waals surface area contributed by atoms with E-state index >= 15 is 0 Å². The Morgan fingerprint density at radius 3 is 0.786 bits per heavy atom. The molecule has 18 heteroatoms. The summed E-state index contributed by atoms with van der Waals surface area (Å²) in [6.45, 7) is 0. The Balaban J connectivity index is 3.35. The van der Waals surface area contributed by atoms with Gasteiger partial charge in [0.25, 0.3) is 5.41 Å². The molecule has 0 aliphatic heterocycles. The SMILES string of the molecule is FC(F)(F)C12C(F)(F)C(F)(F)C(F)(F)C(F)(C(F)(F)C(F)(F)C1(F)F)C2(F)F. The maximum absolute atomic E-state index is 14.0. The van der Waals surface area contributed by atoms with Crippen LogP contribution in [-0.2, 0) is 0 Å². The van der Waals surface area contributed by atoms with Gasteiger partial charge in [-0.1, -0.05) is 0 Å². The Morgan fingerprint density at radius 1 is 0.321 bits per heavy atom. The number of hydrogen-bond acceptors (Lipinski definition) is 0. The number of halogens is 18. The van der Waals surface area contributed by atoms with E-state index in [0.29, 0.717) is 0 Å². The van der Waals surface area contributed by atoms with Gasteiger partial charge in [0, 0.05) is 0 Å². The van der Waals surface area contributed by atoms with Crippen molar-refractivity contribution in [3.63, 3.8) is 0 Å². The predicted molar refractivity (Wildman–Crippen MR) is 47.0 cm³/mol. The van der Waals surface area contributed by atoms with Gasteiger partial charge in [0.2, 0.25) is 0 Å². The summed E-state index contributed by atoms with van der Waals surface area (Å²) in [5.41, 5.74) is -17.2. The van der Waals surface area contributed by atoms with Gasteiger partial charge >= 0.3 is 53.3 Å². The summed E-state index contributed by atoms with van der Waals surface area (Å²) in [5.74, 6) is -59.3. The molecular weight excluding hydrogens is 462 g/mol. The van der Waals surface area contributed by atoms with Crippen LogP contribution in [0.5, 0.6) is 0 Å². The van der Waals surface area contributed by atoms with E-state index in [-0.39, 0.29) is 0 Å². The molecule has 28 heavy (non-hydrogen) atoms. The second-order valence-electron chi connectivity index (χ2n) is 5.93. The maximum atomic E-state index is 14.0. The lowest BCUT2D eigenvalue weighted by molar-refractivity contribution is -0.597. The Morgan fingerprint density at radius 2 is 0.571 bits per heavy atom. The molecule has 0 unspecified atom stereocenters. The van der Waals surface area contributed by atoms with Gasteiger partial charge in [-0.2, -0.15) is 65.9 Å². The lowest BCUT2D eigenvalue weighted by atomic mass is 9.48. The Labute approximate surface area is 139 Å². The minimum absolute atomic E-state index is 8.35. The van der Waals surface area contributed by atoms with Crippen LogP contribution in [0.1, 0.15) is 0 Å². The van der Waals surface area contributed by atoms with Crippen LogP contribution < -0.4 is 0 Å². The van der Waals surface area contributed by atoms with Crippen molar-refractivity contribution in [3.8, 4) is 0 Å². The van der Waals surface area contributed by atoms with Crippen molar-refractivity contribution < 1.29 is 79.0 Å². The van der Waals surface area contributed by atoms with Crippen LogP contribution in [0.3, 0.4) is 0 Å². The van der Waals surface area contributed by atoms with E-state index in [9.17, 15) is 79.0 Å². The number of fused-ring (bicyclic) bond motifs is 2. The fourth-order valence-electron chi connectivity index (χ4n) is 3.27. The molecule has 0 nitrogen and oxygen atoms in total. The highest BCUT2D eigenvalue weighted by Crippen LogP contribution is 2.85. The lowest BCUT2D eigenvalue weighted by Gasteiger charge is -2.65. The highest BCUT2D eigenvalue weighted by Gasteiger charge is 3.17. The Bertz CT molecular complexity index is 654. The Kier molecular flexibility index (Phi) is 3.75. The van der Waals surface area contributed by atoms with Crippen LogP contribution in [0.25, 0.3) is 0 Å². The summed E-state index contributed by atoms with van der Waals surface area (Å²) in [6, 6.07) is 0. The molecule has 2 fully saturated rings. The molecule has 2 rings (SSSR count). The van der Waals surface area contributed by atoms with Gasteiger partial charge in [0.15, 0.2) is 0 Å². The van der Waals surface area contributed by atoms with E-state index in [1.54, 1.807) is 0 Å². The van der Waals surface area contributed by atoms with Gasteiger partial charge in [0.1, 0.15) is 0 Å². The van der Waals surface area contributed by atoms with Crippen molar-refractivity contribution in [2.45, 2.75) is 53.3 Å². The van der Waals surface area contributed by atoms with E-state index in [4.69, 9.17) is 0 Å². The lowest BCUT2D eigenvalue weighted by Crippen LogP contribution is -2.98. The largest absolute Gasteiger partial charge is 0.412 e. The third-order valence-corrected chi connectivity index (χ3v) is 4.71. The van der Waals surface area contributed by atoms with Crippen molar-refractivity contribution in [2.75, 3.05) is 0 Å². The first-order valence-electron chi connectivity index (χ1n) is 6.15. The minimum Gasteiger partial charge on any atom is -0.223 e. The minimum atomic E-state index is -8.69. The van der Waals surface area contributed by atoms with Crippen molar-refractivity contribution >= 4 is 0 Å². The molecule has 2 aliphatic rings. The topological polar surface area (TPSA) is 0 Å². The molecule has 0 heterocycles. The van der Waals surface area contributed by atoms with Gasteiger partial charge in [-0.05, 0) is 0 Å². The predicted octanol–water partition coefficient (Wildman–Crippen LogP) is 5.72. The smallest absolute Gasteiger partial charge is 0.223 e. The molecule has 166 valence electrons. The van der Waals surface area contributed by atoms with Gasteiger partial charge in [0.05, 0.1) is 0 Å². The van der Waals surface area contributed by atoms with Crippen LogP contribution in [0.15, 0.2) is 0 Å². The molecule has 0 atom stereocenters. The molecule has 0 aromatic carbocycles. The molecule has 2 aliphatic carbocycles. The fraction of sp³-hybridized carbons (Fsp3) is 1.00. The second-order valence-corrected chi connectivity index (χ2v) is 5.93. The van der Waals surface area contributed by atoms with E-state index in [2.05, 4.69) is 0 Å². The molecule has 0 radical (unpaired) electrons. The summed E-state index contributed by atoms with van der Waals surface area (Å²) in [5, 5.41) is 0. The summed E-state index contributed by atoms with van der Waals surface area (Å²) in [4.78, 5) is 0. The van der Waals surface area contributed by atoms with Crippen molar-refractivity contribution in [2.24, 2.45) is 5.41 Å². The quantitative estimate of drug-likeness (QED) is 0.405. The van der Waals surface area contributed by atoms with Gasteiger partial charge in [-0.15, -0.1) is 0 Å².